The minimum Gasteiger partial charge on any atom is -0.356 e. The van der Waals surface area contributed by atoms with Crippen LogP contribution in [0, 0.1) is 0 Å². The lowest BCUT2D eigenvalue weighted by atomic mass is 10.0. The van der Waals surface area contributed by atoms with Crippen molar-refractivity contribution in [2.45, 2.75) is 0 Å². The van der Waals surface area contributed by atoms with E-state index in [0.717, 1.165) is 89.8 Å². The van der Waals surface area contributed by atoms with Crippen LogP contribution in [-0.4, -0.2) is 19.9 Å². The molecule has 8 bridgehead atoms. The van der Waals surface area contributed by atoms with Crippen LogP contribution in [0.4, 0.5) is 22.7 Å². The summed E-state index contributed by atoms with van der Waals surface area (Å²) in [6.07, 6.45) is 8.29. The smallest absolute Gasteiger partial charge is 0.0736 e. The molecule has 2 aliphatic heterocycles. The van der Waals surface area contributed by atoms with Gasteiger partial charge in [0.05, 0.1) is 22.8 Å². The van der Waals surface area contributed by atoms with E-state index in [-0.39, 0.29) is 0 Å². The predicted octanol–water partition coefficient (Wildman–Crippen LogP) is 11.5. The van der Waals surface area contributed by atoms with Crippen molar-refractivity contribution in [3.8, 4) is 22.3 Å². The van der Waals surface area contributed by atoms with Gasteiger partial charge in [-0.3, -0.25) is 0 Å². The van der Waals surface area contributed by atoms with Gasteiger partial charge in [-0.15, -0.1) is 0 Å². The molecule has 3 aromatic heterocycles. The maximum atomic E-state index is 5.09. The molecule has 0 spiro atoms. The zero-order chi connectivity index (χ0) is 33.3. The summed E-state index contributed by atoms with van der Waals surface area (Å²) < 4.78 is 0. The molecule has 4 aromatic carbocycles. The second kappa shape index (κ2) is 12.6. The minimum atomic E-state index is 0.856. The van der Waals surface area contributed by atoms with Gasteiger partial charge in [0.25, 0.3) is 0 Å². The first-order valence-electron chi connectivity index (χ1n) is 16.7. The first kappa shape index (κ1) is 29.2. The fraction of sp³-hybridized carbons (Fsp3) is 0. The van der Waals surface area contributed by atoms with Gasteiger partial charge in [-0.2, -0.15) is 0 Å². The molecule has 6 heteroatoms. The Morgan fingerprint density at radius 2 is 0.800 bits per heavy atom. The molecule has 9 rings (SSSR count). The molecule has 7 aromatic rings. The maximum absolute atomic E-state index is 5.09. The van der Waals surface area contributed by atoms with Crippen LogP contribution in [0.2, 0.25) is 0 Å². The van der Waals surface area contributed by atoms with E-state index in [2.05, 4.69) is 148 Å². The Morgan fingerprint density at radius 3 is 1.24 bits per heavy atom. The highest BCUT2D eigenvalue weighted by atomic mass is 14.9. The van der Waals surface area contributed by atoms with Crippen molar-refractivity contribution in [3.05, 3.63) is 168 Å². The average Bonchev–Trinajstić information content (AvgIpc) is 3.98. The number of rotatable bonds is 6. The van der Waals surface area contributed by atoms with Gasteiger partial charge in [0.2, 0.25) is 0 Å². The third-order valence-electron chi connectivity index (χ3n) is 8.87. The fourth-order valence-electron chi connectivity index (χ4n) is 6.50. The van der Waals surface area contributed by atoms with Crippen molar-refractivity contribution in [2.75, 3.05) is 10.6 Å². The molecule has 50 heavy (non-hydrogen) atoms. The monoisotopic (exact) mass is 644 g/mol. The van der Waals surface area contributed by atoms with Crippen molar-refractivity contribution < 1.29 is 0 Å². The molecule has 0 radical (unpaired) electrons. The number of hydrogen-bond acceptors (Lipinski definition) is 4. The summed E-state index contributed by atoms with van der Waals surface area (Å²) in [5, 5.41) is 6.97. The Hall–Kier alpha value is -6.92. The van der Waals surface area contributed by atoms with Gasteiger partial charge in [0.15, 0.2) is 0 Å². The summed E-state index contributed by atoms with van der Waals surface area (Å²) in [7, 11) is 0. The standard InChI is InChI=1S/C44H32N6/c1-3-7-31(8-4-1)45-33-15-11-29(12-16-33)43-39-23-19-35(47-39)27-37-21-25-41(49-37)44(42-26-22-38(50-42)28-36-20-24-40(43)48-36)30-13-17-34(18-14-30)46-32-9-5-2-6-10-32/h1-28,45-47,49H. The molecule has 2 aliphatic rings. The number of H-pyrrole nitrogens is 2. The molecule has 0 aliphatic carbocycles. The molecule has 0 unspecified atom stereocenters. The van der Waals surface area contributed by atoms with Gasteiger partial charge >= 0.3 is 0 Å². The highest BCUT2D eigenvalue weighted by Crippen LogP contribution is 2.34. The number of aromatic amines is 2. The van der Waals surface area contributed by atoms with Gasteiger partial charge in [0.1, 0.15) is 0 Å². The van der Waals surface area contributed by atoms with E-state index in [4.69, 9.17) is 9.97 Å². The Morgan fingerprint density at radius 1 is 0.380 bits per heavy atom. The molecule has 5 heterocycles. The molecular formula is C44H32N6. The SMILES string of the molecule is C1=Cc2nc1cc1nc(c(-c3ccc(Nc4ccccc4)cc3)c3ccc(cc4ccc([nH]4)c2-c2ccc(Nc4ccccc4)cc2)[nH]3)C=C1. The van der Waals surface area contributed by atoms with Crippen LogP contribution in [0.3, 0.4) is 0 Å². The van der Waals surface area contributed by atoms with Gasteiger partial charge < -0.3 is 20.6 Å². The highest BCUT2D eigenvalue weighted by molar-refractivity contribution is 5.93. The van der Waals surface area contributed by atoms with E-state index in [1.54, 1.807) is 0 Å². The molecule has 238 valence electrons. The maximum Gasteiger partial charge on any atom is 0.0736 e. The van der Waals surface area contributed by atoms with Gasteiger partial charge in [-0.1, -0.05) is 60.7 Å². The van der Waals surface area contributed by atoms with E-state index in [1.165, 1.54) is 0 Å². The summed E-state index contributed by atoms with van der Waals surface area (Å²) in [5.74, 6) is 0. The van der Waals surface area contributed by atoms with Crippen LogP contribution >= 0.6 is 0 Å². The van der Waals surface area contributed by atoms with E-state index in [1.807, 2.05) is 42.5 Å². The van der Waals surface area contributed by atoms with Crippen LogP contribution in [0.1, 0.15) is 22.8 Å². The fourth-order valence-corrected chi connectivity index (χ4v) is 6.50. The third kappa shape index (κ3) is 5.98. The molecule has 0 saturated heterocycles. The lowest BCUT2D eigenvalue weighted by molar-refractivity contribution is 1.28. The first-order valence-corrected chi connectivity index (χ1v) is 16.7. The zero-order valence-electron chi connectivity index (χ0n) is 27.1. The van der Waals surface area contributed by atoms with E-state index in [9.17, 15) is 0 Å². The van der Waals surface area contributed by atoms with Crippen LogP contribution < -0.4 is 10.6 Å². The number of para-hydroxylation sites is 2. The zero-order valence-corrected chi connectivity index (χ0v) is 27.1. The lowest BCUT2D eigenvalue weighted by Crippen LogP contribution is -1.90. The van der Waals surface area contributed by atoms with Crippen LogP contribution in [0.25, 0.3) is 68.6 Å². The minimum absolute atomic E-state index is 0.856. The molecule has 0 atom stereocenters. The Balaban J connectivity index is 1.16. The number of nitrogens with zero attached hydrogens (tertiary/aromatic N) is 2. The predicted molar refractivity (Wildman–Crippen MR) is 209 cm³/mol. The second-order valence-electron chi connectivity index (χ2n) is 12.3. The number of anilines is 4. The van der Waals surface area contributed by atoms with Crippen LogP contribution in [-0.2, 0) is 0 Å². The number of hydrogen-bond donors (Lipinski definition) is 4. The van der Waals surface area contributed by atoms with Gasteiger partial charge in [-0.25, -0.2) is 9.97 Å². The van der Waals surface area contributed by atoms with E-state index >= 15 is 0 Å². The largest absolute Gasteiger partial charge is 0.356 e. The summed E-state index contributed by atoms with van der Waals surface area (Å²) in [6, 6.07) is 50.1. The average molecular weight is 645 g/mol. The van der Waals surface area contributed by atoms with Gasteiger partial charge in [-0.05, 0) is 120 Å². The number of nitrogens with one attached hydrogen (secondary N) is 4. The number of fused-ring (bicyclic) bond motifs is 8. The highest BCUT2D eigenvalue weighted by Gasteiger charge is 2.14. The molecular weight excluding hydrogens is 613 g/mol. The molecule has 0 fully saturated rings. The summed E-state index contributed by atoms with van der Waals surface area (Å²) >= 11 is 0. The van der Waals surface area contributed by atoms with Crippen molar-refractivity contribution in [3.63, 3.8) is 0 Å². The van der Waals surface area contributed by atoms with Crippen molar-refractivity contribution in [1.29, 1.82) is 0 Å². The lowest BCUT2D eigenvalue weighted by Gasteiger charge is -2.09. The van der Waals surface area contributed by atoms with Crippen LogP contribution in [0.5, 0.6) is 0 Å². The van der Waals surface area contributed by atoms with Crippen molar-refractivity contribution in [2.24, 2.45) is 0 Å². The second-order valence-corrected chi connectivity index (χ2v) is 12.3. The normalized spacial score (nSPS) is 11.8. The molecule has 0 amide bonds. The van der Waals surface area contributed by atoms with Crippen molar-refractivity contribution >= 4 is 69.1 Å². The summed E-state index contributed by atoms with van der Waals surface area (Å²) in [4.78, 5) is 17.5. The Labute approximate surface area is 289 Å². The van der Waals surface area contributed by atoms with E-state index < -0.39 is 0 Å². The first-order chi connectivity index (χ1) is 24.7. The Bertz CT molecular complexity index is 2380. The molecule has 6 nitrogen and oxygen atoms in total. The molecule has 4 N–H and O–H groups in total. The quantitative estimate of drug-likeness (QED) is 0.145. The number of aromatic nitrogens is 4. The third-order valence-corrected chi connectivity index (χ3v) is 8.87. The number of benzene rings is 4. The van der Waals surface area contributed by atoms with Gasteiger partial charge in [0, 0.05) is 55.9 Å². The molecule has 0 saturated carbocycles. The van der Waals surface area contributed by atoms with Crippen LogP contribution in [0.15, 0.2) is 146 Å². The van der Waals surface area contributed by atoms with Crippen molar-refractivity contribution in [1.82, 2.24) is 19.9 Å². The summed E-state index contributed by atoms with van der Waals surface area (Å²) in [5.41, 5.74) is 15.8. The summed E-state index contributed by atoms with van der Waals surface area (Å²) in [6.45, 7) is 0. The van der Waals surface area contributed by atoms with E-state index in [0.29, 0.717) is 0 Å². The topological polar surface area (TPSA) is 81.4 Å². The Kier molecular flexibility index (Phi) is 7.37.